The number of halogens is 1. The molecule has 2 heterocycles. The van der Waals surface area contributed by atoms with Crippen LogP contribution in [0, 0.1) is 0 Å². The van der Waals surface area contributed by atoms with Gasteiger partial charge in [-0.05, 0) is 31.2 Å². The minimum atomic E-state index is -0.0462. The van der Waals surface area contributed by atoms with Crippen molar-refractivity contribution >= 4 is 17.5 Å². The first kappa shape index (κ1) is 15.9. The van der Waals surface area contributed by atoms with Gasteiger partial charge in [-0.25, -0.2) is 0 Å². The normalized spacial score (nSPS) is 21.4. The molecule has 0 saturated carbocycles. The lowest BCUT2D eigenvalue weighted by Crippen LogP contribution is -2.49. The second kappa shape index (κ2) is 6.64. The Morgan fingerprint density at radius 3 is 2.70 bits per heavy atom. The molecular weight excluding hydrogens is 318 g/mol. The van der Waals surface area contributed by atoms with Gasteiger partial charge in [0.15, 0.2) is 0 Å². The first-order valence-corrected chi connectivity index (χ1v) is 7.86. The van der Waals surface area contributed by atoms with Crippen molar-refractivity contribution in [1.82, 2.24) is 25.1 Å². The van der Waals surface area contributed by atoms with Crippen LogP contribution in [0.25, 0.3) is 11.4 Å². The standard InChI is InChI=1S/C15H18ClN5O2/c1-10-7-20(8-11(2)23-10)14(22)9-21-18-15(17-19-21)12-5-3-4-6-13(12)16/h3-6,10-11H,7-9H2,1-2H3/t10-,11-/m0/s1. The number of benzene rings is 1. The molecule has 0 aliphatic carbocycles. The smallest absolute Gasteiger partial charge is 0.246 e. The summed E-state index contributed by atoms with van der Waals surface area (Å²) >= 11 is 6.12. The number of hydrogen-bond acceptors (Lipinski definition) is 5. The Morgan fingerprint density at radius 1 is 1.30 bits per heavy atom. The predicted molar refractivity (Wildman–Crippen MR) is 84.9 cm³/mol. The summed E-state index contributed by atoms with van der Waals surface area (Å²) in [5.41, 5.74) is 0.696. The third-order valence-electron chi connectivity index (χ3n) is 3.62. The number of ether oxygens (including phenoxy) is 1. The monoisotopic (exact) mass is 335 g/mol. The molecule has 1 saturated heterocycles. The molecule has 23 heavy (non-hydrogen) atoms. The van der Waals surface area contributed by atoms with E-state index in [1.807, 2.05) is 32.0 Å². The van der Waals surface area contributed by atoms with E-state index in [4.69, 9.17) is 16.3 Å². The summed E-state index contributed by atoms with van der Waals surface area (Å²) in [6.07, 6.45) is 0.0650. The third-order valence-corrected chi connectivity index (χ3v) is 3.95. The average Bonchev–Trinajstić information content (AvgIpc) is 2.95. The number of aromatic nitrogens is 4. The molecule has 1 fully saturated rings. The van der Waals surface area contributed by atoms with Crippen LogP contribution in [0.15, 0.2) is 24.3 Å². The highest BCUT2D eigenvalue weighted by atomic mass is 35.5. The number of amides is 1. The van der Waals surface area contributed by atoms with Crippen LogP contribution < -0.4 is 0 Å². The van der Waals surface area contributed by atoms with Crippen LogP contribution in [0.5, 0.6) is 0 Å². The van der Waals surface area contributed by atoms with Gasteiger partial charge in [0, 0.05) is 18.7 Å². The molecule has 2 aromatic rings. The summed E-state index contributed by atoms with van der Waals surface area (Å²) in [6, 6.07) is 7.26. The summed E-state index contributed by atoms with van der Waals surface area (Å²) < 4.78 is 5.63. The molecule has 1 aliphatic rings. The molecule has 2 atom stereocenters. The van der Waals surface area contributed by atoms with Gasteiger partial charge >= 0.3 is 0 Å². The predicted octanol–water partition coefficient (Wildman–Crippen LogP) is 1.63. The fraction of sp³-hybridized carbons (Fsp3) is 0.467. The molecule has 0 radical (unpaired) electrons. The Kier molecular flexibility index (Phi) is 4.58. The van der Waals surface area contributed by atoms with E-state index in [1.165, 1.54) is 4.80 Å². The van der Waals surface area contributed by atoms with Gasteiger partial charge in [0.2, 0.25) is 11.7 Å². The maximum Gasteiger partial charge on any atom is 0.246 e. The molecule has 0 bridgehead atoms. The zero-order valence-electron chi connectivity index (χ0n) is 13.0. The molecule has 1 aliphatic heterocycles. The van der Waals surface area contributed by atoms with Crippen molar-refractivity contribution in [2.75, 3.05) is 13.1 Å². The molecule has 0 N–H and O–H groups in total. The largest absolute Gasteiger partial charge is 0.372 e. The zero-order valence-corrected chi connectivity index (χ0v) is 13.8. The van der Waals surface area contributed by atoms with Crippen molar-refractivity contribution in [3.05, 3.63) is 29.3 Å². The van der Waals surface area contributed by atoms with Crippen molar-refractivity contribution < 1.29 is 9.53 Å². The van der Waals surface area contributed by atoms with Crippen LogP contribution in [-0.4, -0.2) is 56.3 Å². The molecule has 7 nitrogen and oxygen atoms in total. The van der Waals surface area contributed by atoms with Crippen LogP contribution >= 0.6 is 11.6 Å². The molecule has 0 unspecified atom stereocenters. The first-order valence-electron chi connectivity index (χ1n) is 7.49. The number of rotatable bonds is 3. The van der Waals surface area contributed by atoms with Gasteiger partial charge in [0.05, 0.1) is 17.2 Å². The van der Waals surface area contributed by atoms with E-state index >= 15 is 0 Å². The third kappa shape index (κ3) is 3.68. The Morgan fingerprint density at radius 2 is 2.00 bits per heavy atom. The summed E-state index contributed by atoms with van der Waals surface area (Å²) in [4.78, 5) is 15.5. The van der Waals surface area contributed by atoms with E-state index in [0.717, 1.165) is 0 Å². The Hall–Kier alpha value is -1.99. The fourth-order valence-corrected chi connectivity index (χ4v) is 2.88. The topological polar surface area (TPSA) is 73.1 Å². The van der Waals surface area contributed by atoms with Gasteiger partial charge < -0.3 is 9.64 Å². The average molecular weight is 336 g/mol. The number of tetrazole rings is 1. The second-order valence-corrected chi connectivity index (χ2v) is 6.09. The zero-order chi connectivity index (χ0) is 16.4. The van der Waals surface area contributed by atoms with Gasteiger partial charge in [-0.2, -0.15) is 4.80 Å². The lowest BCUT2D eigenvalue weighted by molar-refractivity contribution is -0.144. The molecule has 1 aromatic heterocycles. The minimum absolute atomic E-state index is 0.0325. The Bertz CT molecular complexity index is 695. The minimum Gasteiger partial charge on any atom is -0.372 e. The van der Waals surface area contributed by atoms with Gasteiger partial charge in [-0.15, -0.1) is 10.2 Å². The highest BCUT2D eigenvalue weighted by molar-refractivity contribution is 6.33. The van der Waals surface area contributed by atoms with Crippen LogP contribution in [0.4, 0.5) is 0 Å². The number of hydrogen-bond donors (Lipinski definition) is 0. The molecule has 8 heteroatoms. The van der Waals surface area contributed by atoms with E-state index in [0.29, 0.717) is 29.5 Å². The Labute approximate surface area is 139 Å². The van der Waals surface area contributed by atoms with Crippen molar-refractivity contribution in [2.45, 2.75) is 32.6 Å². The van der Waals surface area contributed by atoms with Crippen molar-refractivity contribution in [1.29, 1.82) is 0 Å². The molecular formula is C15H18ClN5O2. The molecule has 122 valence electrons. The van der Waals surface area contributed by atoms with E-state index in [9.17, 15) is 4.79 Å². The van der Waals surface area contributed by atoms with Crippen LogP contribution in [0.3, 0.4) is 0 Å². The van der Waals surface area contributed by atoms with E-state index < -0.39 is 0 Å². The Balaban J connectivity index is 1.69. The molecule has 1 amide bonds. The van der Waals surface area contributed by atoms with Crippen molar-refractivity contribution in [3.63, 3.8) is 0 Å². The lowest BCUT2D eigenvalue weighted by Gasteiger charge is -2.35. The highest BCUT2D eigenvalue weighted by Crippen LogP contribution is 2.23. The summed E-state index contributed by atoms with van der Waals surface area (Å²) in [5.74, 6) is 0.363. The molecule has 0 spiro atoms. The van der Waals surface area contributed by atoms with Gasteiger partial charge in [0.1, 0.15) is 6.54 Å². The number of carbonyl (C=O) groups is 1. The van der Waals surface area contributed by atoms with Crippen molar-refractivity contribution in [3.8, 4) is 11.4 Å². The summed E-state index contributed by atoms with van der Waals surface area (Å²) in [7, 11) is 0. The highest BCUT2D eigenvalue weighted by Gasteiger charge is 2.26. The van der Waals surface area contributed by atoms with E-state index in [1.54, 1.807) is 11.0 Å². The van der Waals surface area contributed by atoms with Gasteiger partial charge in [0.25, 0.3) is 0 Å². The van der Waals surface area contributed by atoms with E-state index in [2.05, 4.69) is 15.4 Å². The number of carbonyl (C=O) groups excluding carboxylic acids is 1. The SMILES string of the molecule is C[C@H]1CN(C(=O)Cn2nnc(-c3ccccc3Cl)n2)C[C@H](C)O1. The maximum atomic E-state index is 12.4. The van der Waals surface area contributed by atoms with Crippen molar-refractivity contribution in [2.24, 2.45) is 0 Å². The molecule has 1 aromatic carbocycles. The second-order valence-electron chi connectivity index (χ2n) is 5.68. The quantitative estimate of drug-likeness (QED) is 0.852. The van der Waals surface area contributed by atoms with Crippen LogP contribution in [0.1, 0.15) is 13.8 Å². The maximum absolute atomic E-state index is 12.4. The van der Waals surface area contributed by atoms with Crippen LogP contribution in [-0.2, 0) is 16.1 Å². The molecule has 3 rings (SSSR count). The summed E-state index contributed by atoms with van der Waals surface area (Å²) in [5, 5.41) is 12.7. The summed E-state index contributed by atoms with van der Waals surface area (Å²) in [6.45, 7) is 5.12. The number of nitrogens with zero attached hydrogens (tertiary/aromatic N) is 5. The first-order chi connectivity index (χ1) is 11.0. The van der Waals surface area contributed by atoms with E-state index in [-0.39, 0.29) is 24.7 Å². The van der Waals surface area contributed by atoms with Gasteiger partial charge in [-0.1, -0.05) is 23.7 Å². The number of morpholine rings is 1. The fourth-order valence-electron chi connectivity index (χ4n) is 2.66. The lowest BCUT2D eigenvalue weighted by atomic mass is 10.2. The van der Waals surface area contributed by atoms with Gasteiger partial charge in [-0.3, -0.25) is 4.79 Å². The van der Waals surface area contributed by atoms with Crippen LogP contribution in [0.2, 0.25) is 5.02 Å².